The predicted molar refractivity (Wildman–Crippen MR) is 106 cm³/mol. The molecule has 6 nitrogen and oxygen atoms in total. The fourth-order valence-corrected chi connectivity index (χ4v) is 3.32. The maximum Gasteiger partial charge on any atom is 0.191 e. The van der Waals surface area contributed by atoms with Crippen LogP contribution in [0, 0.1) is 5.92 Å². The van der Waals surface area contributed by atoms with Gasteiger partial charge in [0.25, 0.3) is 0 Å². The molecule has 1 unspecified atom stereocenters. The Balaban J connectivity index is 1.88. The summed E-state index contributed by atoms with van der Waals surface area (Å²) in [7, 11) is 3.54. The molecule has 0 aliphatic carbocycles. The number of nitrogens with zero attached hydrogens (tertiary/aromatic N) is 2. The van der Waals surface area contributed by atoms with Gasteiger partial charge in [-0.25, -0.2) is 0 Å². The van der Waals surface area contributed by atoms with Gasteiger partial charge in [0, 0.05) is 46.4 Å². The molecule has 2 rings (SSSR count). The zero-order chi connectivity index (χ0) is 18.8. The number of methoxy groups -OCH3 is 1. The van der Waals surface area contributed by atoms with Crippen molar-refractivity contribution in [3.8, 4) is 0 Å². The Kier molecular flexibility index (Phi) is 8.88. The van der Waals surface area contributed by atoms with Crippen LogP contribution < -0.4 is 10.6 Å². The third-order valence-electron chi connectivity index (χ3n) is 4.85. The molecule has 6 heteroatoms. The van der Waals surface area contributed by atoms with Crippen LogP contribution in [0.1, 0.15) is 25.0 Å². The van der Waals surface area contributed by atoms with Gasteiger partial charge in [-0.15, -0.1) is 0 Å². The number of guanidine groups is 1. The molecular weight excluding hydrogens is 328 g/mol. The van der Waals surface area contributed by atoms with E-state index in [9.17, 15) is 0 Å². The van der Waals surface area contributed by atoms with Crippen LogP contribution in [0.3, 0.4) is 0 Å². The maximum atomic E-state index is 5.49. The van der Waals surface area contributed by atoms with Crippen LogP contribution in [-0.4, -0.2) is 63.9 Å². The molecule has 1 atom stereocenters. The number of benzene rings is 1. The van der Waals surface area contributed by atoms with E-state index in [4.69, 9.17) is 9.47 Å². The lowest BCUT2D eigenvalue weighted by molar-refractivity contribution is 0.00752. The van der Waals surface area contributed by atoms with Gasteiger partial charge in [-0.1, -0.05) is 38.1 Å². The van der Waals surface area contributed by atoms with E-state index in [0.29, 0.717) is 18.6 Å². The standard InChI is InChI=1S/C20H34N4O2/c1-16(2)19(24-9-11-26-12-10-24)14-23-20(21-3)22-13-17-7-5-6-8-18(17)15-25-4/h5-8,16,19H,9-15H2,1-4H3,(H2,21,22,23). The van der Waals surface area contributed by atoms with Crippen molar-refractivity contribution >= 4 is 5.96 Å². The molecule has 0 spiro atoms. The molecule has 1 aliphatic rings. The molecule has 1 aliphatic heterocycles. The molecule has 26 heavy (non-hydrogen) atoms. The number of ether oxygens (including phenoxy) is 2. The fourth-order valence-electron chi connectivity index (χ4n) is 3.32. The second kappa shape index (κ2) is 11.2. The Morgan fingerprint density at radius 2 is 1.88 bits per heavy atom. The minimum Gasteiger partial charge on any atom is -0.380 e. The van der Waals surface area contributed by atoms with Crippen molar-refractivity contribution in [2.45, 2.75) is 33.0 Å². The Hall–Kier alpha value is -1.63. The van der Waals surface area contributed by atoms with E-state index in [1.165, 1.54) is 11.1 Å². The number of hydrogen-bond acceptors (Lipinski definition) is 4. The van der Waals surface area contributed by atoms with Crippen LogP contribution in [0.5, 0.6) is 0 Å². The van der Waals surface area contributed by atoms with Gasteiger partial charge in [-0.2, -0.15) is 0 Å². The van der Waals surface area contributed by atoms with E-state index < -0.39 is 0 Å². The summed E-state index contributed by atoms with van der Waals surface area (Å²) in [6.07, 6.45) is 0. The SMILES string of the molecule is CN=C(NCc1ccccc1COC)NCC(C(C)C)N1CCOCC1. The van der Waals surface area contributed by atoms with Gasteiger partial charge in [0.05, 0.1) is 19.8 Å². The van der Waals surface area contributed by atoms with Crippen LogP contribution in [0.4, 0.5) is 0 Å². The van der Waals surface area contributed by atoms with Crippen molar-refractivity contribution in [3.63, 3.8) is 0 Å². The lowest BCUT2D eigenvalue weighted by Crippen LogP contribution is -2.52. The smallest absolute Gasteiger partial charge is 0.191 e. The summed E-state index contributed by atoms with van der Waals surface area (Å²) in [5.74, 6) is 1.40. The van der Waals surface area contributed by atoms with Crippen LogP contribution in [-0.2, 0) is 22.6 Å². The molecule has 146 valence electrons. The van der Waals surface area contributed by atoms with Crippen molar-refractivity contribution in [2.75, 3.05) is 47.0 Å². The Bertz CT molecular complexity index is 556. The van der Waals surface area contributed by atoms with Gasteiger partial charge < -0.3 is 20.1 Å². The van der Waals surface area contributed by atoms with E-state index in [2.05, 4.69) is 52.6 Å². The summed E-state index contributed by atoms with van der Waals surface area (Å²) >= 11 is 0. The summed E-state index contributed by atoms with van der Waals surface area (Å²) in [6.45, 7) is 10.4. The van der Waals surface area contributed by atoms with Crippen molar-refractivity contribution in [2.24, 2.45) is 10.9 Å². The first-order valence-electron chi connectivity index (χ1n) is 9.47. The molecule has 1 aromatic carbocycles. The molecule has 0 saturated carbocycles. The van der Waals surface area contributed by atoms with Gasteiger partial charge in [-0.05, 0) is 17.0 Å². The highest BCUT2D eigenvalue weighted by molar-refractivity contribution is 5.79. The Labute approximate surface area is 158 Å². The summed E-state index contributed by atoms with van der Waals surface area (Å²) in [6, 6.07) is 8.79. The zero-order valence-electron chi connectivity index (χ0n) is 16.6. The van der Waals surface area contributed by atoms with Crippen molar-refractivity contribution in [1.82, 2.24) is 15.5 Å². The van der Waals surface area contributed by atoms with Crippen LogP contribution in [0.15, 0.2) is 29.3 Å². The quantitative estimate of drug-likeness (QED) is 0.546. The summed E-state index contributed by atoms with van der Waals surface area (Å²) < 4.78 is 10.8. The Morgan fingerprint density at radius 3 is 2.50 bits per heavy atom. The maximum absolute atomic E-state index is 5.49. The largest absolute Gasteiger partial charge is 0.380 e. The minimum absolute atomic E-state index is 0.471. The Morgan fingerprint density at radius 1 is 1.19 bits per heavy atom. The number of nitrogens with one attached hydrogen (secondary N) is 2. The van der Waals surface area contributed by atoms with Crippen molar-refractivity contribution < 1.29 is 9.47 Å². The number of aliphatic imine (C=N–C) groups is 1. The van der Waals surface area contributed by atoms with Crippen LogP contribution >= 0.6 is 0 Å². The highest BCUT2D eigenvalue weighted by Crippen LogP contribution is 2.12. The summed E-state index contributed by atoms with van der Waals surface area (Å²) in [5.41, 5.74) is 2.43. The van der Waals surface area contributed by atoms with Crippen LogP contribution in [0.2, 0.25) is 0 Å². The van der Waals surface area contributed by atoms with Gasteiger partial charge in [0.15, 0.2) is 5.96 Å². The topological polar surface area (TPSA) is 58.1 Å². The van der Waals surface area contributed by atoms with Crippen LogP contribution in [0.25, 0.3) is 0 Å². The monoisotopic (exact) mass is 362 g/mol. The first-order chi connectivity index (χ1) is 12.7. The van der Waals surface area contributed by atoms with Gasteiger partial charge in [0.1, 0.15) is 0 Å². The molecule has 0 radical (unpaired) electrons. The third-order valence-corrected chi connectivity index (χ3v) is 4.85. The van der Waals surface area contributed by atoms with Gasteiger partial charge >= 0.3 is 0 Å². The fraction of sp³-hybridized carbons (Fsp3) is 0.650. The molecule has 2 N–H and O–H groups in total. The molecule has 0 amide bonds. The normalized spacial score (nSPS) is 17.3. The summed E-state index contributed by atoms with van der Waals surface area (Å²) in [5, 5.41) is 6.92. The van der Waals surface area contributed by atoms with E-state index in [-0.39, 0.29) is 0 Å². The first-order valence-corrected chi connectivity index (χ1v) is 9.47. The number of hydrogen-bond donors (Lipinski definition) is 2. The molecule has 1 saturated heterocycles. The highest BCUT2D eigenvalue weighted by Gasteiger charge is 2.23. The minimum atomic E-state index is 0.471. The molecule has 1 fully saturated rings. The predicted octanol–water partition coefficient (Wildman–Crippen LogP) is 1.85. The summed E-state index contributed by atoms with van der Waals surface area (Å²) in [4.78, 5) is 6.89. The lowest BCUT2D eigenvalue weighted by atomic mass is 10.0. The molecule has 0 aromatic heterocycles. The van der Waals surface area contributed by atoms with Crippen molar-refractivity contribution in [3.05, 3.63) is 35.4 Å². The van der Waals surface area contributed by atoms with E-state index in [1.807, 2.05) is 13.1 Å². The molecule has 1 aromatic rings. The molecule has 1 heterocycles. The average Bonchev–Trinajstić information content (AvgIpc) is 2.66. The molecular formula is C20H34N4O2. The average molecular weight is 363 g/mol. The highest BCUT2D eigenvalue weighted by atomic mass is 16.5. The first kappa shape index (κ1) is 20.7. The molecule has 0 bridgehead atoms. The van der Waals surface area contributed by atoms with E-state index in [1.54, 1.807) is 7.11 Å². The lowest BCUT2D eigenvalue weighted by Gasteiger charge is -2.37. The number of morpholine rings is 1. The second-order valence-electron chi connectivity index (χ2n) is 6.97. The number of rotatable bonds is 8. The van der Waals surface area contributed by atoms with Crippen molar-refractivity contribution in [1.29, 1.82) is 0 Å². The van der Waals surface area contributed by atoms with E-state index in [0.717, 1.165) is 45.4 Å². The van der Waals surface area contributed by atoms with Gasteiger partial charge in [-0.3, -0.25) is 9.89 Å². The van der Waals surface area contributed by atoms with Gasteiger partial charge in [0.2, 0.25) is 0 Å². The second-order valence-corrected chi connectivity index (χ2v) is 6.97. The zero-order valence-corrected chi connectivity index (χ0v) is 16.6. The van der Waals surface area contributed by atoms with E-state index >= 15 is 0 Å². The third kappa shape index (κ3) is 6.27.